The first-order valence-corrected chi connectivity index (χ1v) is 12.3. The number of halogens is 10. The predicted octanol–water partition coefficient (Wildman–Crippen LogP) is 5.00. The van der Waals surface area contributed by atoms with Crippen molar-refractivity contribution >= 4 is 22.0 Å². The number of benzene rings is 1. The minimum absolute atomic E-state index is 0.149. The third kappa shape index (κ3) is 7.74. The molecule has 0 radical (unpaired) electrons. The number of ether oxygens (including phenoxy) is 2. The summed E-state index contributed by atoms with van der Waals surface area (Å²) in [7, 11) is -6.59. The van der Waals surface area contributed by atoms with E-state index in [1.165, 1.54) is 30.3 Å². The van der Waals surface area contributed by atoms with Crippen molar-refractivity contribution in [1.29, 1.82) is 0 Å². The number of hydrogen-bond donors (Lipinski definition) is 2. The highest BCUT2D eigenvalue weighted by Crippen LogP contribution is 2.44. The molecule has 1 aromatic carbocycles. The van der Waals surface area contributed by atoms with E-state index in [9.17, 15) is 61.9 Å². The Kier molecular flexibility index (Phi) is 10.7. The molecule has 19 heteroatoms. The Morgan fingerprint density at radius 2 is 1.40 bits per heavy atom. The monoisotopic (exact) mass is 623 g/mol. The summed E-state index contributed by atoms with van der Waals surface area (Å²) < 4.78 is 174. The normalized spacial score (nSPS) is 15.3. The first-order valence-electron chi connectivity index (χ1n) is 10.9. The van der Waals surface area contributed by atoms with E-state index in [0.29, 0.717) is 0 Å². The number of unbranched alkanes of at least 4 members (excludes halogenated alkanes) is 1. The second kappa shape index (κ2) is 12.1. The van der Waals surface area contributed by atoms with Gasteiger partial charge in [-0.1, -0.05) is 30.3 Å². The van der Waals surface area contributed by atoms with Gasteiger partial charge >= 0.3 is 51.3 Å². The second-order valence-electron chi connectivity index (χ2n) is 8.80. The fraction of sp³-hybridized carbons (Fsp3) is 0.619. The predicted molar refractivity (Wildman–Crippen MR) is 114 cm³/mol. The largest absolute Gasteiger partial charge is 0.466 e. The zero-order valence-electron chi connectivity index (χ0n) is 20.5. The van der Waals surface area contributed by atoms with Crippen molar-refractivity contribution in [2.45, 2.75) is 69.0 Å². The summed E-state index contributed by atoms with van der Waals surface area (Å²) in [6.07, 6.45) is -15.8. The molecule has 0 heterocycles. The van der Waals surface area contributed by atoms with Crippen LogP contribution in [-0.2, 0) is 35.7 Å². The third-order valence-electron chi connectivity index (χ3n) is 5.36. The van der Waals surface area contributed by atoms with E-state index in [4.69, 9.17) is 4.55 Å². The standard InChI is InChI=1S/C21H23F10NO7S/c1-16(2,19(24,25)26)15(34)39-18(20(27,28)29,14(33)32-12-13-8-4-3-5-9-13)38-11-7-6-10-17(22,23)21(30,31)40(35,36)37/h3-5,8-9H,6-7,10-12H2,1-2H3,(H,32,33)(H,35,36,37). The highest BCUT2D eigenvalue weighted by molar-refractivity contribution is 7.87. The van der Waals surface area contributed by atoms with Crippen molar-refractivity contribution in [1.82, 2.24) is 5.32 Å². The summed E-state index contributed by atoms with van der Waals surface area (Å²) in [5, 5.41) is -4.28. The van der Waals surface area contributed by atoms with Gasteiger partial charge in [-0.25, -0.2) is 0 Å². The molecule has 1 amide bonds. The van der Waals surface area contributed by atoms with Crippen LogP contribution in [0.1, 0.15) is 38.7 Å². The Hall–Kier alpha value is -2.67. The summed E-state index contributed by atoms with van der Waals surface area (Å²) >= 11 is 0. The fourth-order valence-electron chi connectivity index (χ4n) is 2.68. The SMILES string of the molecule is CC(C)(C(=O)OC(OCCCCC(F)(F)C(F)(F)S(=O)(=O)O)(C(=O)NCc1ccccc1)C(F)(F)F)C(F)(F)F. The highest BCUT2D eigenvalue weighted by atomic mass is 32.2. The maximum absolute atomic E-state index is 14.1. The highest BCUT2D eigenvalue weighted by Gasteiger charge is 2.69. The summed E-state index contributed by atoms with van der Waals surface area (Å²) in [5.41, 5.74) is -3.41. The molecule has 0 saturated heterocycles. The summed E-state index contributed by atoms with van der Waals surface area (Å²) in [6.45, 7) is -1.85. The molecule has 0 aliphatic rings. The molecular weight excluding hydrogens is 600 g/mol. The lowest BCUT2D eigenvalue weighted by Gasteiger charge is -2.36. The second-order valence-corrected chi connectivity index (χ2v) is 10.3. The van der Waals surface area contributed by atoms with Crippen molar-refractivity contribution in [3.8, 4) is 0 Å². The van der Waals surface area contributed by atoms with E-state index >= 15 is 0 Å². The summed E-state index contributed by atoms with van der Waals surface area (Å²) in [5.74, 6) is -15.1. The van der Waals surface area contributed by atoms with Gasteiger partial charge in [-0.15, -0.1) is 0 Å². The number of amides is 1. The van der Waals surface area contributed by atoms with Crippen LogP contribution >= 0.6 is 0 Å². The van der Waals surface area contributed by atoms with Gasteiger partial charge in [0.2, 0.25) is 0 Å². The Morgan fingerprint density at radius 1 is 0.875 bits per heavy atom. The van der Waals surface area contributed by atoms with Crippen LogP contribution in [0.5, 0.6) is 0 Å². The molecule has 0 aromatic heterocycles. The zero-order chi connectivity index (χ0) is 31.4. The van der Waals surface area contributed by atoms with Gasteiger partial charge in [0.1, 0.15) is 0 Å². The van der Waals surface area contributed by atoms with Crippen molar-refractivity contribution in [3.63, 3.8) is 0 Å². The average Bonchev–Trinajstić information content (AvgIpc) is 2.79. The number of hydrogen-bond acceptors (Lipinski definition) is 6. The van der Waals surface area contributed by atoms with Gasteiger partial charge in [0.25, 0.3) is 0 Å². The fourth-order valence-corrected chi connectivity index (χ4v) is 3.16. The maximum Gasteiger partial charge on any atom is 0.466 e. The van der Waals surface area contributed by atoms with E-state index in [-0.39, 0.29) is 19.4 Å². The minimum Gasteiger partial charge on any atom is -0.415 e. The van der Waals surface area contributed by atoms with Gasteiger partial charge in [0, 0.05) is 13.0 Å². The lowest BCUT2D eigenvalue weighted by atomic mass is 9.93. The molecule has 1 rings (SSSR count). The van der Waals surface area contributed by atoms with E-state index in [1.54, 1.807) is 5.32 Å². The Balaban J connectivity index is 3.24. The van der Waals surface area contributed by atoms with Crippen LogP contribution in [0.4, 0.5) is 43.9 Å². The first-order chi connectivity index (χ1) is 17.8. The van der Waals surface area contributed by atoms with Crippen LogP contribution < -0.4 is 5.32 Å². The maximum atomic E-state index is 14.1. The van der Waals surface area contributed by atoms with Crippen LogP contribution in [0.15, 0.2) is 30.3 Å². The van der Waals surface area contributed by atoms with Crippen molar-refractivity contribution < 1.29 is 75.9 Å². The molecule has 0 bridgehead atoms. The number of nitrogens with one attached hydrogen (secondary N) is 1. The Bertz CT molecular complexity index is 1140. The van der Waals surface area contributed by atoms with Crippen LogP contribution in [-0.4, -0.2) is 60.8 Å². The number of rotatable bonds is 13. The number of carbonyl (C=O) groups excluding carboxylic acids is 2. The van der Waals surface area contributed by atoms with Crippen LogP contribution in [0.25, 0.3) is 0 Å². The quantitative estimate of drug-likeness (QED) is 0.104. The molecule has 230 valence electrons. The molecule has 0 saturated carbocycles. The molecule has 8 nitrogen and oxygen atoms in total. The van der Waals surface area contributed by atoms with E-state index in [1.807, 2.05) is 0 Å². The molecule has 1 atom stereocenters. The molecule has 40 heavy (non-hydrogen) atoms. The average molecular weight is 623 g/mol. The van der Waals surface area contributed by atoms with E-state index in [0.717, 1.165) is 0 Å². The van der Waals surface area contributed by atoms with Gasteiger partial charge in [-0.3, -0.25) is 14.1 Å². The number of esters is 1. The molecule has 1 aromatic rings. The smallest absolute Gasteiger partial charge is 0.415 e. The first kappa shape index (κ1) is 35.4. The van der Waals surface area contributed by atoms with Crippen LogP contribution in [0, 0.1) is 5.41 Å². The molecule has 0 spiro atoms. The van der Waals surface area contributed by atoms with Gasteiger partial charge < -0.3 is 14.8 Å². The van der Waals surface area contributed by atoms with Crippen LogP contribution in [0.3, 0.4) is 0 Å². The third-order valence-corrected chi connectivity index (χ3v) is 6.31. The summed E-state index contributed by atoms with van der Waals surface area (Å²) in [6, 6.07) is 7.00. The van der Waals surface area contributed by atoms with E-state index < -0.39 is 89.1 Å². The number of carbonyl (C=O) groups is 2. The summed E-state index contributed by atoms with van der Waals surface area (Å²) in [4.78, 5) is 24.8. The number of alkyl halides is 10. The Morgan fingerprint density at radius 3 is 1.85 bits per heavy atom. The lowest BCUT2D eigenvalue weighted by Crippen LogP contribution is -2.63. The topological polar surface area (TPSA) is 119 Å². The van der Waals surface area contributed by atoms with Crippen molar-refractivity contribution in [3.05, 3.63) is 35.9 Å². The molecular formula is C21H23F10NO7S. The minimum atomic E-state index is -6.59. The van der Waals surface area contributed by atoms with Crippen molar-refractivity contribution in [2.75, 3.05) is 6.61 Å². The molecule has 0 aliphatic heterocycles. The van der Waals surface area contributed by atoms with E-state index in [2.05, 4.69) is 9.47 Å². The molecule has 0 fully saturated rings. The molecule has 1 unspecified atom stereocenters. The van der Waals surface area contributed by atoms with Crippen molar-refractivity contribution in [2.24, 2.45) is 5.41 Å². The van der Waals surface area contributed by atoms with Gasteiger partial charge in [-0.2, -0.15) is 52.3 Å². The van der Waals surface area contributed by atoms with Gasteiger partial charge in [0.15, 0.2) is 5.41 Å². The Labute approximate surface area is 220 Å². The zero-order valence-corrected chi connectivity index (χ0v) is 21.3. The lowest BCUT2D eigenvalue weighted by molar-refractivity contribution is -0.354. The van der Waals surface area contributed by atoms with Gasteiger partial charge in [-0.05, 0) is 32.3 Å². The van der Waals surface area contributed by atoms with Gasteiger partial charge in [0.05, 0.1) is 6.61 Å². The molecule has 2 N–H and O–H groups in total. The molecule has 0 aliphatic carbocycles. The van der Waals surface area contributed by atoms with Crippen LogP contribution in [0.2, 0.25) is 0 Å².